The number of hydrogen-bond acceptors (Lipinski definition) is 4. The monoisotopic (exact) mass is 315 g/mol. The smallest absolute Gasteiger partial charge is 0.140 e. The summed E-state index contributed by atoms with van der Waals surface area (Å²) < 4.78 is 16.2. The van der Waals surface area contributed by atoms with Gasteiger partial charge in [0.25, 0.3) is 0 Å². The van der Waals surface area contributed by atoms with Crippen molar-refractivity contribution >= 4 is 11.6 Å². The van der Waals surface area contributed by atoms with Crippen LogP contribution < -0.4 is 10.1 Å². The van der Waals surface area contributed by atoms with Crippen LogP contribution in [0, 0.1) is 13.8 Å². The van der Waals surface area contributed by atoms with Crippen molar-refractivity contribution in [2.45, 2.75) is 20.3 Å². The topological polar surface area (TPSA) is 39.7 Å². The van der Waals surface area contributed by atoms with Crippen LogP contribution in [0.1, 0.15) is 17.5 Å². The molecule has 0 aromatic heterocycles. The molecule has 0 aliphatic carbocycles. The van der Waals surface area contributed by atoms with Gasteiger partial charge in [0.15, 0.2) is 0 Å². The Labute approximate surface area is 132 Å². The van der Waals surface area contributed by atoms with Gasteiger partial charge in [-0.3, -0.25) is 0 Å². The lowest BCUT2D eigenvalue weighted by Gasteiger charge is -2.12. The molecule has 0 bridgehead atoms. The number of hydrogen-bond donors (Lipinski definition) is 1. The van der Waals surface area contributed by atoms with Crippen LogP contribution in [-0.4, -0.2) is 46.6 Å². The second-order valence-corrected chi connectivity index (χ2v) is 5.36. The van der Waals surface area contributed by atoms with Crippen molar-refractivity contribution in [1.82, 2.24) is 5.32 Å². The van der Waals surface area contributed by atoms with Crippen LogP contribution in [0.25, 0.3) is 0 Å². The Morgan fingerprint density at radius 1 is 1.05 bits per heavy atom. The molecule has 0 unspecified atom stereocenters. The molecule has 0 fully saturated rings. The molecule has 1 rings (SSSR count). The normalized spacial score (nSPS) is 10.9. The Kier molecular flexibility index (Phi) is 9.42. The predicted octanol–water partition coefficient (Wildman–Crippen LogP) is 2.98. The molecular formula is C16H26ClNO3. The number of benzene rings is 1. The minimum Gasteiger partial charge on any atom is -0.489 e. The summed E-state index contributed by atoms with van der Waals surface area (Å²) in [5.74, 6) is 0.753. The summed E-state index contributed by atoms with van der Waals surface area (Å²) in [5, 5.41) is 3.95. The largest absolute Gasteiger partial charge is 0.489 e. The van der Waals surface area contributed by atoms with Gasteiger partial charge >= 0.3 is 0 Å². The van der Waals surface area contributed by atoms with Crippen LogP contribution in [0.4, 0.5) is 0 Å². The van der Waals surface area contributed by atoms with Crippen molar-refractivity contribution in [3.05, 3.63) is 28.3 Å². The summed E-state index contributed by atoms with van der Waals surface area (Å²) in [6.07, 6.45) is 1.02. The third-order valence-electron chi connectivity index (χ3n) is 2.97. The zero-order valence-electron chi connectivity index (χ0n) is 13.2. The van der Waals surface area contributed by atoms with Crippen LogP contribution in [0.2, 0.25) is 5.02 Å². The Morgan fingerprint density at radius 3 is 2.57 bits per heavy atom. The number of methoxy groups -OCH3 is 1. The maximum Gasteiger partial charge on any atom is 0.140 e. The van der Waals surface area contributed by atoms with Crippen molar-refractivity contribution in [2.75, 3.05) is 46.6 Å². The number of aryl methyl sites for hydroxylation is 2. The second kappa shape index (κ2) is 10.9. The van der Waals surface area contributed by atoms with Gasteiger partial charge in [0.05, 0.1) is 18.2 Å². The minimum absolute atomic E-state index is 0.507. The molecule has 1 aromatic carbocycles. The quantitative estimate of drug-likeness (QED) is 0.637. The first-order valence-corrected chi connectivity index (χ1v) is 7.70. The molecule has 120 valence electrons. The van der Waals surface area contributed by atoms with E-state index >= 15 is 0 Å². The fourth-order valence-electron chi connectivity index (χ4n) is 2.00. The molecule has 0 aliphatic rings. The summed E-state index contributed by atoms with van der Waals surface area (Å²) in [7, 11) is 1.71. The molecule has 0 saturated heterocycles. The summed E-state index contributed by atoms with van der Waals surface area (Å²) in [6.45, 7) is 8.34. The third-order valence-corrected chi connectivity index (χ3v) is 3.25. The van der Waals surface area contributed by atoms with Gasteiger partial charge in [0, 0.05) is 20.3 Å². The van der Waals surface area contributed by atoms with E-state index in [0.29, 0.717) is 24.8 Å². The summed E-state index contributed by atoms with van der Waals surface area (Å²) in [4.78, 5) is 0. The van der Waals surface area contributed by atoms with Gasteiger partial charge in [-0.1, -0.05) is 17.7 Å². The maximum absolute atomic E-state index is 6.17. The van der Waals surface area contributed by atoms with Gasteiger partial charge in [-0.15, -0.1) is 0 Å². The van der Waals surface area contributed by atoms with Gasteiger partial charge < -0.3 is 19.5 Å². The molecule has 21 heavy (non-hydrogen) atoms. The molecule has 0 atom stereocenters. The number of halogens is 1. The van der Waals surface area contributed by atoms with Crippen LogP contribution in [-0.2, 0) is 9.47 Å². The lowest BCUT2D eigenvalue weighted by Crippen LogP contribution is -2.22. The molecule has 0 aliphatic heterocycles. The van der Waals surface area contributed by atoms with E-state index in [2.05, 4.69) is 11.4 Å². The molecule has 4 nitrogen and oxygen atoms in total. The lowest BCUT2D eigenvalue weighted by atomic mass is 10.1. The Bertz CT molecular complexity index is 390. The average Bonchev–Trinajstić information content (AvgIpc) is 2.43. The van der Waals surface area contributed by atoms with E-state index in [-0.39, 0.29) is 0 Å². The highest BCUT2D eigenvalue weighted by molar-refractivity contribution is 6.32. The van der Waals surface area contributed by atoms with Gasteiger partial charge in [-0.05, 0) is 44.0 Å². The van der Waals surface area contributed by atoms with E-state index in [9.17, 15) is 0 Å². The first-order valence-electron chi connectivity index (χ1n) is 7.32. The van der Waals surface area contributed by atoms with E-state index < -0.39 is 0 Å². The van der Waals surface area contributed by atoms with Crippen molar-refractivity contribution in [2.24, 2.45) is 0 Å². The van der Waals surface area contributed by atoms with E-state index in [1.54, 1.807) is 7.11 Å². The molecule has 1 N–H and O–H groups in total. The fourth-order valence-corrected chi connectivity index (χ4v) is 2.38. The van der Waals surface area contributed by atoms with Gasteiger partial charge in [-0.2, -0.15) is 0 Å². The van der Waals surface area contributed by atoms with E-state index in [0.717, 1.165) is 43.0 Å². The summed E-state index contributed by atoms with van der Waals surface area (Å²) >= 11 is 6.17. The lowest BCUT2D eigenvalue weighted by molar-refractivity contribution is 0.101. The Morgan fingerprint density at radius 2 is 1.86 bits per heavy atom. The minimum atomic E-state index is 0.507. The SMILES string of the molecule is COCCCNCCOCCOc1c(C)cc(C)cc1Cl. The van der Waals surface area contributed by atoms with Crippen LogP contribution in [0.15, 0.2) is 12.1 Å². The molecule has 0 saturated carbocycles. The van der Waals surface area contributed by atoms with Crippen LogP contribution in [0.5, 0.6) is 5.75 Å². The summed E-state index contributed by atoms with van der Waals surface area (Å²) in [5.41, 5.74) is 2.19. The Hall–Kier alpha value is -0.810. The molecule has 5 heteroatoms. The second-order valence-electron chi connectivity index (χ2n) is 4.95. The average molecular weight is 316 g/mol. The van der Waals surface area contributed by atoms with Gasteiger partial charge in [-0.25, -0.2) is 0 Å². The van der Waals surface area contributed by atoms with E-state index in [1.807, 2.05) is 19.9 Å². The van der Waals surface area contributed by atoms with Crippen LogP contribution in [0.3, 0.4) is 0 Å². The van der Waals surface area contributed by atoms with Crippen molar-refractivity contribution < 1.29 is 14.2 Å². The van der Waals surface area contributed by atoms with E-state index in [4.69, 9.17) is 25.8 Å². The highest BCUT2D eigenvalue weighted by Gasteiger charge is 2.06. The zero-order chi connectivity index (χ0) is 15.5. The molecule has 1 aromatic rings. The predicted molar refractivity (Wildman–Crippen MR) is 86.6 cm³/mol. The van der Waals surface area contributed by atoms with Crippen molar-refractivity contribution in [1.29, 1.82) is 0 Å². The summed E-state index contributed by atoms with van der Waals surface area (Å²) in [6, 6.07) is 3.97. The standard InChI is InChI=1S/C16H26ClNO3/c1-13-11-14(2)16(15(17)12-13)21-10-9-20-8-6-18-5-4-7-19-3/h11-12,18H,4-10H2,1-3H3. The molecular weight excluding hydrogens is 290 g/mol. The maximum atomic E-state index is 6.17. The fraction of sp³-hybridized carbons (Fsp3) is 0.625. The molecule has 0 spiro atoms. The number of nitrogens with one attached hydrogen (secondary N) is 1. The first kappa shape index (κ1) is 18.2. The Balaban J connectivity index is 2.07. The highest BCUT2D eigenvalue weighted by atomic mass is 35.5. The molecule has 0 amide bonds. The van der Waals surface area contributed by atoms with Gasteiger partial charge in [0.2, 0.25) is 0 Å². The van der Waals surface area contributed by atoms with Crippen molar-refractivity contribution in [3.8, 4) is 5.75 Å². The van der Waals surface area contributed by atoms with Gasteiger partial charge in [0.1, 0.15) is 12.4 Å². The third kappa shape index (κ3) is 7.67. The zero-order valence-corrected chi connectivity index (χ0v) is 14.0. The molecule has 0 radical (unpaired) electrons. The van der Waals surface area contributed by atoms with Crippen molar-refractivity contribution in [3.63, 3.8) is 0 Å². The first-order chi connectivity index (χ1) is 10.1. The number of rotatable bonds is 11. The molecule has 0 heterocycles. The highest BCUT2D eigenvalue weighted by Crippen LogP contribution is 2.29. The van der Waals surface area contributed by atoms with Crippen LogP contribution >= 0.6 is 11.6 Å². The number of ether oxygens (including phenoxy) is 3. The van der Waals surface area contributed by atoms with E-state index in [1.165, 1.54) is 0 Å².